The van der Waals surface area contributed by atoms with Crippen LogP contribution >= 0.6 is 0 Å². The van der Waals surface area contributed by atoms with E-state index in [-0.39, 0.29) is 24.3 Å². The number of sulfonamides is 1. The van der Waals surface area contributed by atoms with Crippen LogP contribution in [0.25, 0.3) is 11.0 Å². The third kappa shape index (κ3) is 4.07. The number of carbonyl (C=O) groups excluding carboxylic acids is 1. The summed E-state index contributed by atoms with van der Waals surface area (Å²) >= 11 is 0. The molecule has 27 heavy (non-hydrogen) atoms. The van der Waals surface area contributed by atoms with Gasteiger partial charge in [-0.3, -0.25) is 4.79 Å². The summed E-state index contributed by atoms with van der Waals surface area (Å²) in [7, 11) is 1.48. The number of anilines is 1. The van der Waals surface area contributed by atoms with Crippen molar-refractivity contribution in [2.45, 2.75) is 12.5 Å². The van der Waals surface area contributed by atoms with Gasteiger partial charge in [-0.05, 0) is 24.6 Å². The van der Waals surface area contributed by atoms with Crippen LogP contribution in [0.4, 0.5) is 5.95 Å². The topological polar surface area (TPSA) is 108 Å². The summed E-state index contributed by atoms with van der Waals surface area (Å²) in [6.07, 6.45) is 0.372. The van der Waals surface area contributed by atoms with E-state index in [1.807, 2.05) is 22.6 Å². The number of nitrogens with zero attached hydrogens (tertiary/aromatic N) is 4. The fourth-order valence-corrected chi connectivity index (χ4v) is 3.84. The molecule has 1 fully saturated rings. The third-order valence-electron chi connectivity index (χ3n) is 4.77. The number of β-amino-alcohol motifs (C(OH)–C–C–N with tert-alkyl or cyclic N) is 1. The Morgan fingerprint density at radius 1 is 1.41 bits per heavy atom. The summed E-state index contributed by atoms with van der Waals surface area (Å²) in [4.78, 5) is 19.0. The van der Waals surface area contributed by atoms with Crippen LogP contribution in [0.15, 0.2) is 18.2 Å². The number of aromatic nitrogens is 2. The molecule has 10 heteroatoms. The van der Waals surface area contributed by atoms with Gasteiger partial charge >= 0.3 is 0 Å². The van der Waals surface area contributed by atoms with Crippen molar-refractivity contribution in [1.29, 1.82) is 0 Å². The molecule has 148 valence electrons. The molecular weight excluding hydrogens is 370 g/mol. The molecule has 0 bridgehead atoms. The van der Waals surface area contributed by atoms with Gasteiger partial charge in [-0.15, -0.1) is 0 Å². The molecule has 0 aliphatic carbocycles. The van der Waals surface area contributed by atoms with Crippen LogP contribution in [-0.4, -0.2) is 78.9 Å². The van der Waals surface area contributed by atoms with Gasteiger partial charge in [0, 0.05) is 46.3 Å². The Balaban J connectivity index is 1.73. The Kier molecular flexibility index (Phi) is 5.41. The highest BCUT2D eigenvalue weighted by molar-refractivity contribution is 7.89. The molecule has 9 nitrogen and oxygen atoms in total. The number of aryl methyl sites for hydroxylation is 1. The van der Waals surface area contributed by atoms with Crippen molar-refractivity contribution < 1.29 is 18.3 Å². The zero-order valence-corrected chi connectivity index (χ0v) is 16.5. The van der Waals surface area contributed by atoms with Crippen molar-refractivity contribution in [3.63, 3.8) is 0 Å². The second-order valence-electron chi connectivity index (χ2n) is 6.92. The number of amides is 1. The predicted octanol–water partition coefficient (Wildman–Crippen LogP) is -0.234. The quantitative estimate of drug-likeness (QED) is 0.699. The molecule has 0 saturated carbocycles. The molecule has 1 aromatic carbocycles. The SMILES string of the molecule is CN(C)S(=O)(=O)CCNC(=O)c1ccc2c(c1)nc(N1CC[C@H](O)C1)n2C. The van der Waals surface area contributed by atoms with E-state index < -0.39 is 10.0 Å². The van der Waals surface area contributed by atoms with Crippen molar-refractivity contribution in [3.05, 3.63) is 23.8 Å². The predicted molar refractivity (Wildman–Crippen MR) is 103 cm³/mol. The average Bonchev–Trinajstić information content (AvgIpc) is 3.17. The fraction of sp³-hybridized carbons (Fsp3) is 0.529. The minimum absolute atomic E-state index is 0.0382. The van der Waals surface area contributed by atoms with Gasteiger partial charge < -0.3 is 19.9 Å². The highest BCUT2D eigenvalue weighted by Crippen LogP contribution is 2.25. The van der Waals surface area contributed by atoms with Crippen LogP contribution < -0.4 is 10.2 Å². The van der Waals surface area contributed by atoms with Crippen molar-refractivity contribution in [2.24, 2.45) is 7.05 Å². The average molecular weight is 395 g/mol. The Bertz CT molecular complexity index is 954. The number of hydrogen-bond acceptors (Lipinski definition) is 6. The van der Waals surface area contributed by atoms with Crippen molar-refractivity contribution in [2.75, 3.05) is 44.4 Å². The molecule has 1 amide bonds. The lowest BCUT2D eigenvalue weighted by Gasteiger charge is -2.16. The van der Waals surface area contributed by atoms with Gasteiger partial charge in [-0.25, -0.2) is 17.7 Å². The van der Waals surface area contributed by atoms with Crippen LogP contribution in [0, 0.1) is 0 Å². The van der Waals surface area contributed by atoms with E-state index in [2.05, 4.69) is 10.3 Å². The lowest BCUT2D eigenvalue weighted by Crippen LogP contribution is -2.33. The van der Waals surface area contributed by atoms with Crippen LogP contribution in [0.3, 0.4) is 0 Å². The maximum absolute atomic E-state index is 12.3. The first-order valence-corrected chi connectivity index (χ1v) is 10.4. The molecule has 2 aromatic rings. The van der Waals surface area contributed by atoms with E-state index in [9.17, 15) is 18.3 Å². The molecule has 0 radical (unpaired) electrons. The summed E-state index contributed by atoms with van der Waals surface area (Å²) in [5.41, 5.74) is 2.00. The van der Waals surface area contributed by atoms with Crippen molar-refractivity contribution in [1.82, 2.24) is 19.2 Å². The normalized spacial score (nSPS) is 17.8. The van der Waals surface area contributed by atoms with E-state index in [0.29, 0.717) is 24.0 Å². The molecule has 3 rings (SSSR count). The number of nitrogens with one attached hydrogen (secondary N) is 1. The van der Waals surface area contributed by atoms with Gasteiger partial charge in [-0.2, -0.15) is 0 Å². The van der Waals surface area contributed by atoms with Gasteiger partial charge in [0.15, 0.2) is 0 Å². The van der Waals surface area contributed by atoms with Crippen LogP contribution in [0.1, 0.15) is 16.8 Å². The highest BCUT2D eigenvalue weighted by Gasteiger charge is 2.24. The van der Waals surface area contributed by atoms with Gasteiger partial charge in [0.1, 0.15) is 0 Å². The number of aliphatic hydroxyl groups is 1. The molecule has 1 aliphatic rings. The molecule has 0 spiro atoms. The summed E-state index contributed by atoms with van der Waals surface area (Å²) in [6, 6.07) is 5.22. The Morgan fingerprint density at radius 2 is 2.15 bits per heavy atom. The van der Waals surface area contributed by atoms with Gasteiger partial charge in [0.2, 0.25) is 16.0 Å². The molecule has 2 N–H and O–H groups in total. The zero-order chi connectivity index (χ0) is 19.8. The Hall–Kier alpha value is -2.17. The van der Waals surface area contributed by atoms with E-state index >= 15 is 0 Å². The maximum atomic E-state index is 12.3. The number of benzene rings is 1. The van der Waals surface area contributed by atoms with Gasteiger partial charge in [0.05, 0.1) is 22.9 Å². The van der Waals surface area contributed by atoms with Crippen LogP contribution in [0.2, 0.25) is 0 Å². The monoisotopic (exact) mass is 395 g/mol. The molecule has 1 atom stereocenters. The molecule has 2 heterocycles. The molecule has 1 aromatic heterocycles. The Labute approximate surface area is 158 Å². The summed E-state index contributed by atoms with van der Waals surface area (Å²) in [5.74, 6) is 0.268. The third-order valence-corrected chi connectivity index (χ3v) is 6.60. The molecular formula is C17H25N5O4S. The number of hydrogen-bond donors (Lipinski definition) is 2. The summed E-state index contributed by atoms with van der Waals surface area (Å²) in [5, 5.41) is 12.4. The maximum Gasteiger partial charge on any atom is 0.251 e. The lowest BCUT2D eigenvalue weighted by atomic mass is 10.2. The Morgan fingerprint density at radius 3 is 2.78 bits per heavy atom. The van der Waals surface area contributed by atoms with E-state index in [1.54, 1.807) is 12.1 Å². The van der Waals surface area contributed by atoms with Gasteiger partial charge in [-0.1, -0.05) is 0 Å². The zero-order valence-electron chi connectivity index (χ0n) is 15.7. The first-order chi connectivity index (χ1) is 12.7. The van der Waals surface area contributed by atoms with Crippen LogP contribution in [-0.2, 0) is 17.1 Å². The fourth-order valence-electron chi connectivity index (χ4n) is 3.11. The van der Waals surface area contributed by atoms with Crippen LogP contribution in [0.5, 0.6) is 0 Å². The van der Waals surface area contributed by atoms with E-state index in [1.165, 1.54) is 14.1 Å². The number of imidazole rings is 1. The van der Waals surface area contributed by atoms with E-state index in [4.69, 9.17) is 0 Å². The minimum Gasteiger partial charge on any atom is -0.391 e. The number of carbonyl (C=O) groups is 1. The second kappa shape index (κ2) is 7.45. The van der Waals surface area contributed by atoms with Gasteiger partial charge in [0.25, 0.3) is 5.91 Å². The largest absolute Gasteiger partial charge is 0.391 e. The minimum atomic E-state index is -3.35. The standard InChI is InChI=1S/C17H25N5O4S/c1-20(2)27(25,26)9-7-18-16(24)12-4-5-15-14(10-12)19-17(21(15)3)22-8-6-13(23)11-22/h4-5,10,13,23H,6-9,11H2,1-3H3,(H,18,24)/t13-/m0/s1. The number of fused-ring (bicyclic) bond motifs is 1. The second-order valence-corrected chi connectivity index (χ2v) is 9.22. The number of aliphatic hydroxyl groups excluding tert-OH is 1. The van der Waals surface area contributed by atoms with Crippen molar-refractivity contribution in [3.8, 4) is 0 Å². The molecule has 1 aliphatic heterocycles. The lowest BCUT2D eigenvalue weighted by molar-refractivity contribution is 0.0956. The highest BCUT2D eigenvalue weighted by atomic mass is 32.2. The first-order valence-electron chi connectivity index (χ1n) is 8.77. The smallest absolute Gasteiger partial charge is 0.251 e. The molecule has 1 saturated heterocycles. The molecule has 0 unspecified atom stereocenters. The summed E-state index contributed by atoms with van der Waals surface area (Å²) < 4.78 is 26.6. The van der Waals surface area contributed by atoms with Crippen molar-refractivity contribution >= 4 is 32.9 Å². The number of rotatable bonds is 6. The summed E-state index contributed by atoms with van der Waals surface area (Å²) in [6.45, 7) is 1.33. The first kappa shape index (κ1) is 19.6. The van der Waals surface area contributed by atoms with E-state index in [0.717, 1.165) is 22.3 Å².